The second-order valence-electron chi connectivity index (χ2n) is 3.45. The first kappa shape index (κ1) is 12.8. The van der Waals surface area contributed by atoms with Gasteiger partial charge in [0.15, 0.2) is 6.33 Å². The van der Waals surface area contributed by atoms with Crippen LogP contribution in [-0.4, -0.2) is 41.1 Å². The third-order valence-corrected chi connectivity index (χ3v) is 1.83. The van der Waals surface area contributed by atoms with Crippen molar-refractivity contribution < 1.29 is 9.53 Å². The van der Waals surface area contributed by atoms with Crippen LogP contribution in [0.3, 0.4) is 0 Å². The Balaban J connectivity index is 3.07. The second-order valence-corrected chi connectivity index (χ2v) is 3.45. The lowest BCUT2D eigenvalue weighted by molar-refractivity contribution is -0.136. The molecule has 17 heavy (non-hydrogen) atoms. The SMILES string of the molecule is [C-]#[N+]c1cn(C(=CN(C)C)C(=O)OCC)cn1. The minimum absolute atomic E-state index is 0.235. The Morgan fingerprint density at radius 1 is 1.71 bits per heavy atom. The summed E-state index contributed by atoms with van der Waals surface area (Å²) in [4.78, 5) is 20.5. The molecule has 0 radical (unpaired) electrons. The van der Waals surface area contributed by atoms with E-state index in [0.29, 0.717) is 12.3 Å². The number of aromatic nitrogens is 2. The highest BCUT2D eigenvalue weighted by atomic mass is 16.5. The molecule has 1 rings (SSSR count). The van der Waals surface area contributed by atoms with Crippen molar-refractivity contribution in [2.75, 3.05) is 20.7 Å². The third kappa shape index (κ3) is 3.34. The van der Waals surface area contributed by atoms with Gasteiger partial charge in [0, 0.05) is 26.5 Å². The quantitative estimate of drug-likeness (QED) is 0.448. The van der Waals surface area contributed by atoms with Crippen molar-refractivity contribution in [3.63, 3.8) is 0 Å². The Kier molecular flexibility index (Phi) is 4.29. The average molecular weight is 234 g/mol. The van der Waals surface area contributed by atoms with E-state index < -0.39 is 5.97 Å². The number of esters is 1. The molecule has 0 bridgehead atoms. The van der Waals surface area contributed by atoms with Gasteiger partial charge in [0.1, 0.15) is 5.70 Å². The maximum atomic E-state index is 11.7. The number of rotatable bonds is 4. The highest BCUT2D eigenvalue weighted by molar-refractivity contribution is 6.09. The maximum absolute atomic E-state index is 11.7. The highest BCUT2D eigenvalue weighted by Crippen LogP contribution is 2.13. The van der Waals surface area contributed by atoms with E-state index in [-0.39, 0.29) is 5.82 Å². The van der Waals surface area contributed by atoms with Gasteiger partial charge in [0.2, 0.25) is 0 Å². The molecule has 0 aliphatic carbocycles. The van der Waals surface area contributed by atoms with Crippen LogP contribution < -0.4 is 0 Å². The predicted octanol–water partition coefficient (Wildman–Crippen LogP) is 1.36. The molecule has 0 saturated heterocycles. The molecule has 0 N–H and O–H groups in total. The van der Waals surface area contributed by atoms with E-state index in [2.05, 4.69) is 9.83 Å². The Labute approximate surface area is 99.9 Å². The molecule has 0 spiro atoms. The summed E-state index contributed by atoms with van der Waals surface area (Å²) in [5, 5.41) is 0. The number of carbonyl (C=O) groups excluding carboxylic acids is 1. The van der Waals surface area contributed by atoms with Gasteiger partial charge in [-0.1, -0.05) is 6.57 Å². The minimum atomic E-state index is -0.449. The Hall–Kier alpha value is -2.29. The first-order valence-electron chi connectivity index (χ1n) is 5.05. The van der Waals surface area contributed by atoms with E-state index in [9.17, 15) is 4.79 Å². The lowest BCUT2D eigenvalue weighted by Gasteiger charge is -2.11. The topological polar surface area (TPSA) is 51.7 Å². The van der Waals surface area contributed by atoms with Gasteiger partial charge in [-0.15, -0.1) is 4.98 Å². The standard InChI is InChI=1S/C11H14N4O2/c1-5-17-11(16)9(6-14(3)4)15-7-10(12-2)13-8-15/h6-8H,5H2,1,3-4H3. The first-order valence-corrected chi connectivity index (χ1v) is 5.05. The number of carbonyl (C=O) groups is 1. The van der Waals surface area contributed by atoms with E-state index in [1.165, 1.54) is 17.1 Å². The van der Waals surface area contributed by atoms with Crippen molar-refractivity contribution in [1.29, 1.82) is 0 Å². The Bertz CT molecular complexity index is 468. The fourth-order valence-electron chi connectivity index (χ4n) is 1.18. The first-order chi connectivity index (χ1) is 8.08. The zero-order valence-electron chi connectivity index (χ0n) is 10.0. The van der Waals surface area contributed by atoms with Crippen LogP contribution in [0.1, 0.15) is 6.92 Å². The average Bonchev–Trinajstić information content (AvgIpc) is 2.74. The van der Waals surface area contributed by atoms with E-state index in [0.717, 1.165) is 0 Å². The highest BCUT2D eigenvalue weighted by Gasteiger charge is 2.15. The van der Waals surface area contributed by atoms with Crippen LogP contribution in [0.15, 0.2) is 18.7 Å². The third-order valence-electron chi connectivity index (χ3n) is 1.83. The van der Waals surface area contributed by atoms with Crippen molar-refractivity contribution in [1.82, 2.24) is 14.5 Å². The largest absolute Gasteiger partial charge is 0.461 e. The molecule has 0 saturated carbocycles. The van der Waals surface area contributed by atoms with Crippen LogP contribution in [0.2, 0.25) is 0 Å². The van der Waals surface area contributed by atoms with Gasteiger partial charge < -0.3 is 14.5 Å². The minimum Gasteiger partial charge on any atom is -0.461 e. The molecule has 6 nitrogen and oxygen atoms in total. The van der Waals surface area contributed by atoms with E-state index in [1.54, 1.807) is 32.1 Å². The molecule has 0 aliphatic rings. The van der Waals surface area contributed by atoms with Gasteiger partial charge >= 0.3 is 5.97 Å². The summed E-state index contributed by atoms with van der Waals surface area (Å²) in [6, 6.07) is 0. The van der Waals surface area contributed by atoms with Gasteiger partial charge in [0.25, 0.3) is 5.82 Å². The van der Waals surface area contributed by atoms with Crippen molar-refractivity contribution in [2.45, 2.75) is 6.92 Å². The fourth-order valence-corrected chi connectivity index (χ4v) is 1.18. The van der Waals surface area contributed by atoms with Crippen LogP contribution in [0.5, 0.6) is 0 Å². The molecule has 0 unspecified atom stereocenters. The number of imidazole rings is 1. The smallest absolute Gasteiger partial charge is 0.356 e. The molecule has 0 aliphatic heterocycles. The summed E-state index contributed by atoms with van der Waals surface area (Å²) < 4.78 is 6.42. The summed E-state index contributed by atoms with van der Waals surface area (Å²) in [7, 11) is 3.60. The molecule has 0 atom stereocenters. The number of nitrogens with zero attached hydrogens (tertiary/aromatic N) is 4. The summed E-state index contributed by atoms with van der Waals surface area (Å²) >= 11 is 0. The molecule has 6 heteroatoms. The van der Waals surface area contributed by atoms with Gasteiger partial charge in [-0.05, 0) is 6.92 Å². The fraction of sp³-hybridized carbons (Fsp3) is 0.364. The van der Waals surface area contributed by atoms with Crippen LogP contribution >= 0.6 is 0 Å². The van der Waals surface area contributed by atoms with Crippen LogP contribution in [0.4, 0.5) is 5.82 Å². The van der Waals surface area contributed by atoms with Gasteiger partial charge in [-0.2, -0.15) is 0 Å². The number of ether oxygens (including phenoxy) is 1. The zero-order chi connectivity index (χ0) is 12.8. The Morgan fingerprint density at radius 3 is 2.88 bits per heavy atom. The summed E-state index contributed by atoms with van der Waals surface area (Å²) in [6.07, 6.45) is 4.52. The molecule has 1 aromatic rings. The van der Waals surface area contributed by atoms with E-state index in [4.69, 9.17) is 11.3 Å². The van der Waals surface area contributed by atoms with Crippen LogP contribution in [0, 0.1) is 6.57 Å². The second kappa shape index (κ2) is 5.70. The molecular formula is C11H14N4O2. The van der Waals surface area contributed by atoms with Crippen molar-refractivity contribution in [2.24, 2.45) is 0 Å². The summed E-state index contributed by atoms with van der Waals surface area (Å²) in [5.41, 5.74) is 0.319. The molecular weight excluding hydrogens is 220 g/mol. The zero-order valence-corrected chi connectivity index (χ0v) is 10.0. The van der Waals surface area contributed by atoms with Gasteiger partial charge in [0.05, 0.1) is 6.61 Å². The monoisotopic (exact) mass is 234 g/mol. The van der Waals surface area contributed by atoms with Crippen LogP contribution in [0.25, 0.3) is 10.5 Å². The number of hydrogen-bond acceptors (Lipinski definition) is 4. The number of hydrogen-bond donors (Lipinski definition) is 0. The van der Waals surface area contributed by atoms with Gasteiger partial charge in [-0.25, -0.2) is 4.79 Å². The lowest BCUT2D eigenvalue weighted by atomic mass is 10.4. The molecule has 0 amide bonds. The molecule has 0 aromatic carbocycles. The van der Waals surface area contributed by atoms with Gasteiger partial charge in [-0.3, -0.25) is 4.57 Å². The molecule has 90 valence electrons. The summed E-state index contributed by atoms with van der Waals surface area (Å²) in [6.45, 7) is 8.87. The normalized spacial score (nSPS) is 10.8. The Morgan fingerprint density at radius 2 is 2.41 bits per heavy atom. The molecule has 0 fully saturated rings. The lowest BCUT2D eigenvalue weighted by Crippen LogP contribution is -2.15. The van der Waals surface area contributed by atoms with E-state index in [1.807, 2.05) is 0 Å². The van der Waals surface area contributed by atoms with E-state index >= 15 is 0 Å². The van der Waals surface area contributed by atoms with Crippen molar-refractivity contribution >= 4 is 17.5 Å². The van der Waals surface area contributed by atoms with Crippen LogP contribution in [-0.2, 0) is 9.53 Å². The molecule has 1 heterocycles. The molecule has 1 aromatic heterocycles. The predicted molar refractivity (Wildman–Crippen MR) is 63.1 cm³/mol. The van der Waals surface area contributed by atoms with Crippen molar-refractivity contribution in [3.8, 4) is 0 Å². The summed E-state index contributed by atoms with van der Waals surface area (Å²) in [5.74, 6) is -0.214. The van der Waals surface area contributed by atoms with Crippen molar-refractivity contribution in [3.05, 3.63) is 30.1 Å². The maximum Gasteiger partial charge on any atom is 0.356 e.